The Bertz CT molecular complexity index is 1190. The summed E-state index contributed by atoms with van der Waals surface area (Å²) in [6.45, 7) is 1.89. The number of ketones is 1. The summed E-state index contributed by atoms with van der Waals surface area (Å²) in [5.41, 5.74) is -1.53. The van der Waals surface area contributed by atoms with Crippen molar-refractivity contribution in [2.24, 2.45) is 0 Å². The van der Waals surface area contributed by atoms with E-state index in [2.05, 4.69) is 4.74 Å². The fourth-order valence-electron chi connectivity index (χ4n) is 3.52. The second-order valence-electron chi connectivity index (χ2n) is 7.39. The predicted molar refractivity (Wildman–Crippen MR) is 114 cm³/mol. The molecule has 0 saturated carbocycles. The van der Waals surface area contributed by atoms with E-state index in [1.54, 1.807) is 4.90 Å². The zero-order chi connectivity index (χ0) is 24.3. The van der Waals surface area contributed by atoms with Crippen LogP contribution >= 0.6 is 0 Å². The summed E-state index contributed by atoms with van der Waals surface area (Å²) in [5.74, 6) is -2.16. The maximum atomic E-state index is 14.4. The first kappa shape index (κ1) is 23.6. The van der Waals surface area contributed by atoms with Crippen LogP contribution in [-0.4, -0.2) is 65.3 Å². The molecular formula is C21H21FN4O7. The van der Waals surface area contributed by atoms with Gasteiger partial charge in [0.25, 0.3) is 0 Å². The molecule has 1 aliphatic rings. The van der Waals surface area contributed by atoms with E-state index in [1.165, 1.54) is 30.0 Å². The molecule has 1 aromatic carbocycles. The third-order valence-electron chi connectivity index (χ3n) is 5.32. The van der Waals surface area contributed by atoms with Gasteiger partial charge in [-0.25, -0.2) is 9.18 Å². The summed E-state index contributed by atoms with van der Waals surface area (Å²) in [6, 6.07) is 5.02. The van der Waals surface area contributed by atoms with Gasteiger partial charge in [0, 0.05) is 44.0 Å². The number of hydrogen-bond donors (Lipinski definition) is 0. The maximum Gasteiger partial charge on any atom is 0.339 e. The van der Waals surface area contributed by atoms with Crippen LogP contribution < -0.4 is 10.5 Å². The molecule has 0 N–H and O–H groups in total. The summed E-state index contributed by atoms with van der Waals surface area (Å²) >= 11 is 0. The van der Waals surface area contributed by atoms with E-state index in [1.807, 2.05) is 0 Å². The zero-order valence-electron chi connectivity index (χ0n) is 17.9. The highest BCUT2D eigenvalue weighted by Crippen LogP contribution is 2.22. The van der Waals surface area contributed by atoms with E-state index in [0.717, 1.165) is 23.9 Å². The van der Waals surface area contributed by atoms with Crippen LogP contribution in [0.2, 0.25) is 0 Å². The second kappa shape index (κ2) is 9.59. The molecule has 0 radical (unpaired) electrons. The third-order valence-corrected chi connectivity index (χ3v) is 5.32. The van der Waals surface area contributed by atoms with Crippen molar-refractivity contribution in [2.75, 3.05) is 38.2 Å². The van der Waals surface area contributed by atoms with Gasteiger partial charge in [-0.2, -0.15) is 0 Å². The highest BCUT2D eigenvalue weighted by Gasteiger charge is 2.26. The summed E-state index contributed by atoms with van der Waals surface area (Å²) in [4.78, 5) is 61.7. The highest BCUT2D eigenvalue weighted by molar-refractivity contribution is 5.94. The highest BCUT2D eigenvalue weighted by atomic mass is 19.1. The van der Waals surface area contributed by atoms with E-state index in [0.29, 0.717) is 18.8 Å². The van der Waals surface area contributed by atoms with E-state index >= 15 is 0 Å². The average molecular weight is 460 g/mol. The van der Waals surface area contributed by atoms with Gasteiger partial charge < -0.3 is 14.5 Å². The number of rotatable bonds is 6. The van der Waals surface area contributed by atoms with Gasteiger partial charge in [0.15, 0.2) is 5.78 Å². The number of amides is 1. The van der Waals surface area contributed by atoms with E-state index in [4.69, 9.17) is 0 Å². The standard InChI is InChI=1S/C21H21FN4O7/c1-13(27)14-3-4-17(16(22)9-14)23-5-7-24(8-6-23)19(28)12-25-11-15(21(30)33-2)10-18(20(25)29)26(31)32/h3-4,9-11H,5-8,12H2,1-2H3. The van der Waals surface area contributed by atoms with Crippen LogP contribution in [-0.2, 0) is 16.1 Å². The molecule has 33 heavy (non-hydrogen) atoms. The van der Waals surface area contributed by atoms with Crippen molar-refractivity contribution < 1.29 is 28.4 Å². The molecule has 1 saturated heterocycles. The number of methoxy groups -OCH3 is 1. The quantitative estimate of drug-likeness (QED) is 0.272. The maximum absolute atomic E-state index is 14.4. The van der Waals surface area contributed by atoms with Crippen LogP contribution in [0, 0.1) is 15.9 Å². The number of pyridine rings is 1. The molecule has 1 aromatic heterocycles. The normalized spacial score (nSPS) is 13.5. The van der Waals surface area contributed by atoms with Crippen molar-refractivity contribution in [3.05, 3.63) is 67.9 Å². The van der Waals surface area contributed by atoms with Crippen LogP contribution in [0.15, 0.2) is 35.3 Å². The Morgan fingerprint density at radius 3 is 2.33 bits per heavy atom. The van der Waals surface area contributed by atoms with E-state index in [-0.39, 0.29) is 30.0 Å². The number of carbonyl (C=O) groups excluding carboxylic acids is 3. The Kier molecular flexibility index (Phi) is 6.85. The van der Waals surface area contributed by atoms with E-state index in [9.17, 15) is 33.7 Å². The second-order valence-corrected chi connectivity index (χ2v) is 7.39. The van der Waals surface area contributed by atoms with Crippen LogP contribution in [0.3, 0.4) is 0 Å². The lowest BCUT2D eigenvalue weighted by atomic mass is 10.1. The molecule has 0 unspecified atom stereocenters. The fraction of sp³-hybridized carbons (Fsp3) is 0.333. The minimum absolute atomic E-state index is 0.222. The van der Waals surface area contributed by atoms with Crippen molar-refractivity contribution in [1.82, 2.24) is 9.47 Å². The lowest BCUT2D eigenvalue weighted by molar-refractivity contribution is -0.386. The SMILES string of the molecule is COC(=O)c1cc([N+](=O)[O-])c(=O)n(CC(=O)N2CCN(c3ccc(C(C)=O)cc3F)CC2)c1. The first-order valence-electron chi connectivity index (χ1n) is 9.92. The van der Waals surface area contributed by atoms with Crippen molar-refractivity contribution >= 4 is 29.0 Å². The number of anilines is 1. The number of nitro groups is 1. The number of esters is 1. The average Bonchev–Trinajstić information content (AvgIpc) is 2.79. The number of benzene rings is 1. The smallest absolute Gasteiger partial charge is 0.339 e. The molecule has 174 valence electrons. The summed E-state index contributed by atoms with van der Waals surface area (Å²) in [6.07, 6.45) is 1.04. The summed E-state index contributed by atoms with van der Waals surface area (Å²) < 4.78 is 19.8. The number of nitrogens with zero attached hydrogens (tertiary/aromatic N) is 4. The number of hydrogen-bond acceptors (Lipinski definition) is 8. The monoisotopic (exact) mass is 460 g/mol. The lowest BCUT2D eigenvalue weighted by Crippen LogP contribution is -2.50. The predicted octanol–water partition coefficient (Wildman–Crippen LogP) is 1.23. The van der Waals surface area contributed by atoms with Gasteiger partial charge in [-0.05, 0) is 25.1 Å². The van der Waals surface area contributed by atoms with Gasteiger partial charge in [-0.15, -0.1) is 0 Å². The van der Waals surface area contributed by atoms with Crippen molar-refractivity contribution in [1.29, 1.82) is 0 Å². The number of aromatic nitrogens is 1. The topological polar surface area (TPSA) is 132 Å². The van der Waals surface area contributed by atoms with Crippen molar-refractivity contribution in [3.63, 3.8) is 0 Å². The number of piperazine rings is 1. The van der Waals surface area contributed by atoms with Crippen LogP contribution in [0.1, 0.15) is 27.6 Å². The molecule has 0 aliphatic carbocycles. The Balaban J connectivity index is 1.72. The van der Waals surface area contributed by atoms with Gasteiger partial charge >= 0.3 is 17.2 Å². The minimum atomic E-state index is -1.02. The van der Waals surface area contributed by atoms with Gasteiger partial charge in [-0.3, -0.25) is 29.1 Å². The molecule has 12 heteroatoms. The van der Waals surface area contributed by atoms with Gasteiger partial charge in [0.2, 0.25) is 5.91 Å². The number of halogens is 1. The molecule has 0 bridgehead atoms. The van der Waals surface area contributed by atoms with Crippen LogP contribution in [0.4, 0.5) is 15.8 Å². The first-order chi connectivity index (χ1) is 15.6. The zero-order valence-corrected chi connectivity index (χ0v) is 17.9. The molecule has 0 atom stereocenters. The molecule has 2 aromatic rings. The molecule has 11 nitrogen and oxygen atoms in total. The summed E-state index contributed by atoms with van der Waals surface area (Å²) in [7, 11) is 1.09. The molecule has 2 heterocycles. The third kappa shape index (κ3) is 5.05. The van der Waals surface area contributed by atoms with Crippen LogP contribution in [0.5, 0.6) is 0 Å². The first-order valence-corrected chi connectivity index (χ1v) is 9.92. The molecule has 3 rings (SSSR count). The summed E-state index contributed by atoms with van der Waals surface area (Å²) in [5, 5.41) is 11.2. The molecule has 1 fully saturated rings. The van der Waals surface area contributed by atoms with Crippen molar-refractivity contribution in [3.8, 4) is 0 Å². The molecule has 1 amide bonds. The number of Topliss-reactive ketones (excluding diaryl/α,β-unsaturated/α-hetero) is 1. The van der Waals surface area contributed by atoms with Crippen molar-refractivity contribution in [2.45, 2.75) is 13.5 Å². The fourth-order valence-corrected chi connectivity index (χ4v) is 3.52. The van der Waals surface area contributed by atoms with Gasteiger partial charge in [0.05, 0.1) is 23.3 Å². The van der Waals surface area contributed by atoms with Gasteiger partial charge in [-0.1, -0.05) is 0 Å². The Morgan fingerprint density at radius 2 is 1.79 bits per heavy atom. The van der Waals surface area contributed by atoms with E-state index < -0.39 is 40.4 Å². The Hall–Kier alpha value is -4.09. The molecular weight excluding hydrogens is 439 g/mol. The lowest BCUT2D eigenvalue weighted by Gasteiger charge is -2.36. The Morgan fingerprint density at radius 1 is 1.12 bits per heavy atom. The largest absolute Gasteiger partial charge is 0.465 e. The van der Waals surface area contributed by atoms with Crippen LogP contribution in [0.25, 0.3) is 0 Å². The number of ether oxygens (including phenoxy) is 1. The molecule has 1 aliphatic heterocycles. The van der Waals surface area contributed by atoms with Gasteiger partial charge in [0.1, 0.15) is 12.4 Å². The number of carbonyl (C=O) groups is 3. The Labute approximate surface area is 187 Å². The minimum Gasteiger partial charge on any atom is -0.465 e. The molecule has 0 spiro atoms.